The van der Waals surface area contributed by atoms with E-state index in [0.29, 0.717) is 29.1 Å². The molecule has 8 nitrogen and oxygen atoms in total. The summed E-state index contributed by atoms with van der Waals surface area (Å²) in [7, 11) is 3.44. The molecule has 9 heteroatoms. The van der Waals surface area contributed by atoms with Crippen molar-refractivity contribution in [3.8, 4) is 28.4 Å². The van der Waals surface area contributed by atoms with Crippen molar-refractivity contribution in [1.29, 1.82) is 0 Å². The Morgan fingerprint density at radius 2 is 2.06 bits per heavy atom. The fraction of sp³-hybridized carbons (Fsp3) is 0.480. The molecule has 1 N–H and O–H groups in total. The van der Waals surface area contributed by atoms with Crippen molar-refractivity contribution in [1.82, 2.24) is 24.7 Å². The molecule has 3 atom stereocenters. The smallest absolute Gasteiger partial charge is 0.350 e. The van der Waals surface area contributed by atoms with Gasteiger partial charge < -0.3 is 10.0 Å². The second kappa shape index (κ2) is 9.48. The molecule has 0 amide bonds. The lowest BCUT2D eigenvalue weighted by Crippen LogP contribution is -2.42. The van der Waals surface area contributed by atoms with Crippen LogP contribution < -0.4 is 10.6 Å². The van der Waals surface area contributed by atoms with Crippen LogP contribution in [0, 0.1) is 5.41 Å². The molecule has 1 aliphatic carbocycles. The molecular formula is C25H31FN6O2. The number of alkyl halides is 1. The van der Waals surface area contributed by atoms with Crippen LogP contribution in [-0.2, 0) is 7.05 Å². The number of aromatic hydroxyl groups is 1. The number of hydrogen-bond donors (Lipinski definition) is 1. The summed E-state index contributed by atoms with van der Waals surface area (Å²) in [6, 6.07) is 8.23. The Kier molecular flexibility index (Phi) is 6.63. The van der Waals surface area contributed by atoms with Gasteiger partial charge in [-0.1, -0.05) is 26.3 Å². The molecule has 0 unspecified atom stereocenters. The zero-order chi connectivity index (χ0) is 24.5. The highest BCUT2D eigenvalue weighted by molar-refractivity contribution is 5.72. The van der Waals surface area contributed by atoms with Crippen LogP contribution >= 0.6 is 0 Å². The van der Waals surface area contributed by atoms with E-state index >= 15 is 0 Å². The first-order valence-electron chi connectivity index (χ1n) is 11.6. The van der Waals surface area contributed by atoms with Crippen LogP contribution in [-0.4, -0.2) is 49.1 Å². The topological polar surface area (TPSA) is 97.0 Å². The highest BCUT2D eigenvalue weighted by Crippen LogP contribution is 2.40. The van der Waals surface area contributed by atoms with Crippen molar-refractivity contribution in [2.24, 2.45) is 12.5 Å². The van der Waals surface area contributed by atoms with Crippen LogP contribution in [0.4, 0.5) is 10.2 Å². The van der Waals surface area contributed by atoms with E-state index in [0.717, 1.165) is 25.7 Å². The van der Waals surface area contributed by atoms with Crippen molar-refractivity contribution in [3.05, 3.63) is 47.1 Å². The summed E-state index contributed by atoms with van der Waals surface area (Å²) >= 11 is 0. The molecule has 1 saturated carbocycles. The minimum Gasteiger partial charge on any atom is -0.507 e. The van der Waals surface area contributed by atoms with Gasteiger partial charge in [-0.2, -0.15) is 4.98 Å². The summed E-state index contributed by atoms with van der Waals surface area (Å²) in [5.74, 6) is 0.807. The van der Waals surface area contributed by atoms with E-state index in [1.54, 1.807) is 31.3 Å². The van der Waals surface area contributed by atoms with Gasteiger partial charge in [0.2, 0.25) is 0 Å². The van der Waals surface area contributed by atoms with Crippen LogP contribution in [0.1, 0.15) is 46.0 Å². The van der Waals surface area contributed by atoms with E-state index in [9.17, 15) is 14.3 Å². The molecule has 34 heavy (non-hydrogen) atoms. The third kappa shape index (κ3) is 4.78. The van der Waals surface area contributed by atoms with E-state index in [4.69, 9.17) is 0 Å². The fourth-order valence-corrected chi connectivity index (χ4v) is 4.59. The monoisotopic (exact) mass is 466 g/mol. The molecule has 2 heterocycles. The second-order valence-electron chi connectivity index (χ2n) is 9.54. The average Bonchev–Trinajstić information content (AvgIpc) is 2.99. The predicted octanol–water partition coefficient (Wildman–Crippen LogP) is 4.14. The first-order chi connectivity index (χ1) is 16.2. The number of anilines is 1. The number of aryl methyl sites for hydroxylation is 1. The third-order valence-electron chi connectivity index (χ3n) is 7.13. The molecule has 3 aromatic rings. The second-order valence-corrected chi connectivity index (χ2v) is 9.54. The van der Waals surface area contributed by atoms with Crippen molar-refractivity contribution in [2.75, 3.05) is 11.9 Å². The molecule has 0 radical (unpaired) electrons. The number of halogens is 1. The van der Waals surface area contributed by atoms with E-state index in [2.05, 4.69) is 34.0 Å². The molecule has 180 valence electrons. The first-order valence-corrected chi connectivity index (χ1v) is 11.6. The van der Waals surface area contributed by atoms with Gasteiger partial charge in [0.1, 0.15) is 18.2 Å². The van der Waals surface area contributed by atoms with E-state index in [-0.39, 0.29) is 23.0 Å². The van der Waals surface area contributed by atoms with Crippen molar-refractivity contribution < 1.29 is 9.50 Å². The molecule has 1 fully saturated rings. The standard InChI is InChI=1S/C25H31FN6O2/c1-5-25(2)12-6-7-18(26)20(14-25)32(4)22-11-10-19(29-30-22)17-9-8-16(13-21(17)33)23-27-15-31(3)24(34)28-23/h8-11,13,15,18,20,33H,5-7,12,14H2,1-4H3/t18-,20+,25+/m0/s1. The number of phenols is 1. The van der Waals surface area contributed by atoms with Gasteiger partial charge in [-0.05, 0) is 55.4 Å². The number of benzene rings is 1. The summed E-state index contributed by atoms with van der Waals surface area (Å²) in [5.41, 5.74) is 1.19. The lowest BCUT2D eigenvalue weighted by atomic mass is 9.79. The zero-order valence-electron chi connectivity index (χ0n) is 20.1. The fourth-order valence-electron chi connectivity index (χ4n) is 4.59. The largest absolute Gasteiger partial charge is 0.507 e. The number of phenolic OH excluding ortho intramolecular Hbond substituents is 1. The summed E-state index contributed by atoms with van der Waals surface area (Å²) < 4.78 is 16.3. The predicted molar refractivity (Wildman–Crippen MR) is 129 cm³/mol. The summed E-state index contributed by atoms with van der Waals surface area (Å²) in [6.07, 6.45) is 4.77. The van der Waals surface area contributed by atoms with Crippen molar-refractivity contribution >= 4 is 5.82 Å². The third-order valence-corrected chi connectivity index (χ3v) is 7.13. The Balaban J connectivity index is 1.56. The Labute approximate surface area is 198 Å². The molecule has 0 saturated heterocycles. The molecule has 2 aromatic heterocycles. The minimum absolute atomic E-state index is 0.0246. The van der Waals surface area contributed by atoms with Gasteiger partial charge in [0.15, 0.2) is 11.6 Å². The van der Waals surface area contributed by atoms with Crippen LogP contribution in [0.2, 0.25) is 0 Å². The van der Waals surface area contributed by atoms with Crippen LogP contribution in [0.3, 0.4) is 0 Å². The Bertz CT molecular complexity index is 1210. The Morgan fingerprint density at radius 3 is 2.71 bits per heavy atom. The normalized spacial score (nSPS) is 22.9. The Morgan fingerprint density at radius 1 is 1.26 bits per heavy atom. The maximum absolute atomic E-state index is 15.0. The first kappa shape index (κ1) is 23.8. The zero-order valence-corrected chi connectivity index (χ0v) is 20.1. The maximum Gasteiger partial charge on any atom is 0.350 e. The maximum atomic E-state index is 15.0. The molecule has 4 rings (SSSR count). The van der Waals surface area contributed by atoms with E-state index in [1.165, 1.54) is 17.0 Å². The molecular weight excluding hydrogens is 435 g/mol. The minimum atomic E-state index is -0.909. The molecule has 0 spiro atoms. The van der Waals surface area contributed by atoms with Crippen molar-refractivity contribution in [3.63, 3.8) is 0 Å². The number of rotatable bonds is 5. The number of aromatic nitrogens is 5. The van der Waals surface area contributed by atoms with E-state index < -0.39 is 11.9 Å². The molecule has 1 aliphatic rings. The van der Waals surface area contributed by atoms with Gasteiger partial charge in [-0.15, -0.1) is 10.2 Å². The van der Waals surface area contributed by atoms with Crippen LogP contribution in [0.5, 0.6) is 5.75 Å². The van der Waals surface area contributed by atoms with Gasteiger partial charge in [0, 0.05) is 25.2 Å². The van der Waals surface area contributed by atoms with Gasteiger partial charge in [-0.25, -0.2) is 14.2 Å². The van der Waals surface area contributed by atoms with E-state index in [1.807, 2.05) is 11.9 Å². The lowest BCUT2D eigenvalue weighted by molar-refractivity contribution is 0.214. The summed E-state index contributed by atoms with van der Waals surface area (Å²) in [4.78, 5) is 21.7. The highest BCUT2D eigenvalue weighted by atomic mass is 19.1. The van der Waals surface area contributed by atoms with Gasteiger partial charge >= 0.3 is 5.69 Å². The van der Waals surface area contributed by atoms with Crippen molar-refractivity contribution in [2.45, 2.75) is 58.2 Å². The number of nitrogens with zero attached hydrogens (tertiary/aromatic N) is 6. The molecule has 0 bridgehead atoms. The summed E-state index contributed by atoms with van der Waals surface area (Å²) in [6.45, 7) is 4.41. The van der Waals surface area contributed by atoms with Gasteiger partial charge in [0.25, 0.3) is 0 Å². The highest BCUT2D eigenvalue weighted by Gasteiger charge is 2.37. The average molecular weight is 467 g/mol. The number of hydrogen-bond acceptors (Lipinski definition) is 7. The van der Waals surface area contributed by atoms with Crippen LogP contribution in [0.25, 0.3) is 22.6 Å². The lowest BCUT2D eigenvalue weighted by Gasteiger charge is -2.36. The molecule has 0 aliphatic heterocycles. The molecule has 1 aromatic carbocycles. The Hall–Kier alpha value is -3.36. The quantitative estimate of drug-likeness (QED) is 0.565. The van der Waals surface area contributed by atoms with Gasteiger partial charge in [0.05, 0.1) is 11.7 Å². The SMILES string of the molecule is CC[C@]1(C)CCC[C@H](F)[C@H](N(C)c2ccc(-c3ccc(-c4ncn(C)c(=O)n4)cc3O)nn2)C1. The van der Waals surface area contributed by atoms with Crippen LogP contribution in [0.15, 0.2) is 41.5 Å². The van der Waals surface area contributed by atoms with Gasteiger partial charge in [-0.3, -0.25) is 4.57 Å². The summed E-state index contributed by atoms with van der Waals surface area (Å²) in [5, 5.41) is 19.2.